The average molecular weight is 439 g/mol. The van der Waals surface area contributed by atoms with Crippen LogP contribution in [0.4, 0.5) is 10.1 Å². The van der Waals surface area contributed by atoms with Crippen molar-refractivity contribution in [3.63, 3.8) is 0 Å². The molecule has 1 amide bonds. The van der Waals surface area contributed by atoms with Gasteiger partial charge in [0.25, 0.3) is 5.91 Å². The van der Waals surface area contributed by atoms with E-state index in [1.54, 1.807) is 39.0 Å². The maximum Gasteiger partial charge on any atom is 0.305 e. The van der Waals surface area contributed by atoms with Crippen molar-refractivity contribution in [1.29, 1.82) is 0 Å². The van der Waals surface area contributed by atoms with Crippen LogP contribution in [0.3, 0.4) is 0 Å². The largest absolute Gasteiger partial charge is 0.484 e. The highest BCUT2D eigenvalue weighted by Crippen LogP contribution is 2.22. The fourth-order valence-corrected chi connectivity index (χ4v) is 4.15. The standard InChI is InChI=1S/C19H22FN3O6S/c1-19(2,3)22-30(27,28)17-7-5-4-6-13(17)11-21-18(24)12-29-14-8-9-16(23(25)26)15(20)10-14/h4-10,22H,11-12H2,1-3H3,(H,21,24). The number of nitro benzene ring substituents is 1. The Bertz CT molecular complexity index is 1050. The quantitative estimate of drug-likeness (QED) is 0.481. The lowest BCUT2D eigenvalue weighted by Crippen LogP contribution is -2.41. The van der Waals surface area contributed by atoms with Gasteiger partial charge in [0.2, 0.25) is 15.8 Å². The molecule has 0 fully saturated rings. The van der Waals surface area contributed by atoms with E-state index in [0.29, 0.717) is 5.56 Å². The van der Waals surface area contributed by atoms with Crippen LogP contribution in [0.5, 0.6) is 5.75 Å². The Kier molecular flexibility index (Phi) is 7.11. The second-order valence-corrected chi connectivity index (χ2v) is 9.05. The molecule has 0 bridgehead atoms. The summed E-state index contributed by atoms with van der Waals surface area (Å²) in [4.78, 5) is 21.8. The second-order valence-electron chi connectivity index (χ2n) is 7.40. The van der Waals surface area contributed by atoms with Crippen LogP contribution >= 0.6 is 0 Å². The number of benzene rings is 2. The van der Waals surface area contributed by atoms with Crippen molar-refractivity contribution in [1.82, 2.24) is 10.0 Å². The predicted octanol–water partition coefficient (Wildman–Crippen LogP) is 2.51. The number of hydrogen-bond donors (Lipinski definition) is 2. The highest BCUT2D eigenvalue weighted by molar-refractivity contribution is 7.89. The van der Waals surface area contributed by atoms with Gasteiger partial charge in [-0.1, -0.05) is 18.2 Å². The first-order chi connectivity index (χ1) is 13.9. The van der Waals surface area contributed by atoms with Gasteiger partial charge in [-0.2, -0.15) is 4.39 Å². The summed E-state index contributed by atoms with van der Waals surface area (Å²) >= 11 is 0. The molecule has 162 valence electrons. The molecule has 0 unspecified atom stereocenters. The number of carbonyl (C=O) groups excluding carboxylic acids is 1. The van der Waals surface area contributed by atoms with Gasteiger partial charge in [0.1, 0.15) is 5.75 Å². The van der Waals surface area contributed by atoms with Crippen molar-refractivity contribution in [3.8, 4) is 5.75 Å². The van der Waals surface area contributed by atoms with Crippen molar-refractivity contribution in [2.45, 2.75) is 37.8 Å². The molecule has 2 aromatic rings. The number of nitro groups is 1. The van der Waals surface area contributed by atoms with Gasteiger partial charge in [0.15, 0.2) is 6.61 Å². The summed E-state index contributed by atoms with van der Waals surface area (Å²) in [5, 5.41) is 13.1. The highest BCUT2D eigenvalue weighted by atomic mass is 32.2. The Hall–Kier alpha value is -3.05. The van der Waals surface area contributed by atoms with Crippen LogP contribution in [0.2, 0.25) is 0 Å². The van der Waals surface area contributed by atoms with Gasteiger partial charge in [0.05, 0.1) is 9.82 Å². The van der Waals surface area contributed by atoms with E-state index in [9.17, 15) is 27.7 Å². The first kappa shape index (κ1) is 23.2. The van der Waals surface area contributed by atoms with E-state index in [2.05, 4.69) is 10.0 Å². The van der Waals surface area contributed by atoms with Crippen molar-refractivity contribution in [2.75, 3.05) is 6.61 Å². The summed E-state index contributed by atoms with van der Waals surface area (Å²) in [6.07, 6.45) is 0. The van der Waals surface area contributed by atoms with E-state index in [0.717, 1.165) is 12.1 Å². The molecule has 9 nitrogen and oxygen atoms in total. The molecular weight excluding hydrogens is 417 g/mol. The van der Waals surface area contributed by atoms with Crippen LogP contribution in [-0.2, 0) is 21.4 Å². The Balaban J connectivity index is 2.00. The molecule has 30 heavy (non-hydrogen) atoms. The maximum atomic E-state index is 13.6. The van der Waals surface area contributed by atoms with Crippen LogP contribution in [0, 0.1) is 15.9 Å². The van der Waals surface area contributed by atoms with Crippen molar-refractivity contribution in [2.24, 2.45) is 0 Å². The zero-order valence-electron chi connectivity index (χ0n) is 16.6. The summed E-state index contributed by atoms with van der Waals surface area (Å²) in [6, 6.07) is 9.16. The monoisotopic (exact) mass is 439 g/mol. The van der Waals surface area contributed by atoms with E-state index in [1.807, 2.05) is 0 Å². The molecule has 2 N–H and O–H groups in total. The van der Waals surface area contributed by atoms with Crippen LogP contribution in [0.15, 0.2) is 47.4 Å². The van der Waals surface area contributed by atoms with Crippen molar-refractivity contribution in [3.05, 3.63) is 64.0 Å². The number of rotatable bonds is 8. The number of halogens is 1. The molecule has 0 radical (unpaired) electrons. The van der Waals surface area contributed by atoms with Crippen molar-refractivity contribution >= 4 is 21.6 Å². The van der Waals surface area contributed by atoms with Gasteiger partial charge >= 0.3 is 5.69 Å². The first-order valence-electron chi connectivity index (χ1n) is 8.84. The van der Waals surface area contributed by atoms with E-state index in [-0.39, 0.29) is 17.2 Å². The fourth-order valence-electron chi connectivity index (χ4n) is 2.49. The van der Waals surface area contributed by atoms with Crippen LogP contribution in [-0.4, -0.2) is 31.4 Å². The molecule has 0 saturated heterocycles. The molecule has 0 aliphatic carbocycles. The molecule has 2 aromatic carbocycles. The third-order valence-electron chi connectivity index (χ3n) is 3.66. The Morgan fingerprint density at radius 2 is 1.87 bits per heavy atom. The molecule has 0 spiro atoms. The minimum Gasteiger partial charge on any atom is -0.484 e. The SMILES string of the molecule is CC(C)(C)NS(=O)(=O)c1ccccc1CNC(=O)COc1ccc([N+](=O)[O-])c(F)c1. The second kappa shape index (κ2) is 9.18. The number of sulfonamides is 1. The zero-order chi connectivity index (χ0) is 22.5. The average Bonchev–Trinajstić information content (AvgIpc) is 2.62. The third kappa shape index (κ3) is 6.49. The summed E-state index contributed by atoms with van der Waals surface area (Å²) < 4.78 is 46.5. The molecule has 0 aliphatic rings. The Labute approximate surface area is 173 Å². The number of nitrogens with one attached hydrogen (secondary N) is 2. The summed E-state index contributed by atoms with van der Waals surface area (Å²) in [5.74, 6) is -1.71. The lowest BCUT2D eigenvalue weighted by molar-refractivity contribution is -0.387. The number of amides is 1. The summed E-state index contributed by atoms with van der Waals surface area (Å²) in [7, 11) is -3.80. The van der Waals surface area contributed by atoms with E-state index >= 15 is 0 Å². The minimum absolute atomic E-state index is 0.0404. The molecule has 0 aliphatic heterocycles. The third-order valence-corrected chi connectivity index (χ3v) is 5.52. The number of hydrogen-bond acceptors (Lipinski definition) is 6. The van der Waals surface area contributed by atoms with E-state index in [4.69, 9.17) is 4.74 Å². The molecular formula is C19H22FN3O6S. The van der Waals surface area contributed by atoms with Gasteiger partial charge < -0.3 is 10.1 Å². The van der Waals surface area contributed by atoms with Gasteiger partial charge in [-0.15, -0.1) is 0 Å². The predicted molar refractivity (Wildman–Crippen MR) is 107 cm³/mol. The fraction of sp³-hybridized carbons (Fsp3) is 0.316. The van der Waals surface area contributed by atoms with Crippen molar-refractivity contribution < 1.29 is 27.3 Å². The van der Waals surface area contributed by atoms with Crippen LogP contribution < -0.4 is 14.8 Å². The van der Waals surface area contributed by atoms with Crippen LogP contribution in [0.1, 0.15) is 26.3 Å². The van der Waals surface area contributed by atoms with Gasteiger partial charge in [0, 0.05) is 24.2 Å². The van der Waals surface area contributed by atoms with Gasteiger partial charge in [-0.25, -0.2) is 13.1 Å². The van der Waals surface area contributed by atoms with Gasteiger partial charge in [-0.3, -0.25) is 14.9 Å². The minimum atomic E-state index is -3.80. The first-order valence-corrected chi connectivity index (χ1v) is 10.3. The number of ether oxygens (including phenoxy) is 1. The summed E-state index contributed by atoms with van der Waals surface area (Å²) in [6.45, 7) is 4.60. The van der Waals surface area contributed by atoms with E-state index < -0.39 is 44.5 Å². The highest BCUT2D eigenvalue weighted by Gasteiger charge is 2.24. The lowest BCUT2D eigenvalue weighted by atomic mass is 10.1. The normalized spacial score (nSPS) is 11.7. The molecule has 0 atom stereocenters. The Morgan fingerprint density at radius 1 is 1.20 bits per heavy atom. The molecule has 0 saturated carbocycles. The number of carbonyl (C=O) groups is 1. The lowest BCUT2D eigenvalue weighted by Gasteiger charge is -2.21. The zero-order valence-corrected chi connectivity index (χ0v) is 17.5. The maximum absolute atomic E-state index is 13.6. The molecule has 0 aromatic heterocycles. The smallest absolute Gasteiger partial charge is 0.305 e. The molecule has 2 rings (SSSR count). The molecule has 11 heteroatoms. The summed E-state index contributed by atoms with van der Waals surface area (Å²) in [5.41, 5.74) is -0.999. The number of nitrogens with zero attached hydrogens (tertiary/aromatic N) is 1. The Morgan fingerprint density at radius 3 is 2.47 bits per heavy atom. The van der Waals surface area contributed by atoms with E-state index in [1.165, 1.54) is 12.1 Å². The van der Waals surface area contributed by atoms with Crippen LogP contribution in [0.25, 0.3) is 0 Å². The topological polar surface area (TPSA) is 128 Å². The molecule has 0 heterocycles. The van der Waals surface area contributed by atoms with Gasteiger partial charge in [-0.05, 0) is 38.5 Å².